The molecule has 1 saturated heterocycles. The van der Waals surface area contributed by atoms with E-state index in [1.54, 1.807) is 4.90 Å². The molecule has 1 saturated carbocycles. The topological polar surface area (TPSA) is 93.6 Å². The Hall–Kier alpha value is -2.44. The average molecular weight is 394 g/mol. The highest BCUT2D eigenvalue weighted by molar-refractivity contribution is 6.04. The van der Waals surface area contributed by atoms with Crippen molar-refractivity contribution in [3.63, 3.8) is 0 Å². The number of aliphatic hydroxyl groups excluding tert-OH is 2. The van der Waals surface area contributed by atoms with Crippen LogP contribution in [0.15, 0.2) is 30.3 Å². The first-order valence-electron chi connectivity index (χ1n) is 10.4. The number of aromatic amines is 1. The lowest BCUT2D eigenvalue weighted by Crippen LogP contribution is -2.30. The Labute approximate surface area is 169 Å². The molecule has 0 unspecified atom stereocenters. The van der Waals surface area contributed by atoms with Gasteiger partial charge in [-0.05, 0) is 42.7 Å². The zero-order valence-electron chi connectivity index (χ0n) is 16.5. The molecule has 152 valence electrons. The number of hydrogen-bond acceptors (Lipinski definition) is 4. The molecule has 3 aliphatic rings. The Balaban J connectivity index is 1.43. The number of β-amino-alcohol motifs (C(OH)–C–C–N with tert-alkyl or cyclic N) is 1. The van der Waals surface area contributed by atoms with E-state index < -0.39 is 11.5 Å². The average Bonchev–Trinajstić information content (AvgIpc) is 3.06. The Morgan fingerprint density at radius 2 is 2.03 bits per heavy atom. The normalized spacial score (nSPS) is 30.7. The second kappa shape index (κ2) is 6.54. The first-order valence-corrected chi connectivity index (χ1v) is 10.4. The molecule has 2 fully saturated rings. The number of fused-ring (bicyclic) bond motifs is 1. The number of benzene rings is 1. The van der Waals surface area contributed by atoms with Crippen LogP contribution in [0.3, 0.4) is 0 Å². The van der Waals surface area contributed by atoms with E-state index in [-0.39, 0.29) is 36.7 Å². The van der Waals surface area contributed by atoms with E-state index in [0.717, 1.165) is 29.7 Å². The molecule has 6 nitrogen and oxygen atoms in total. The summed E-state index contributed by atoms with van der Waals surface area (Å²) in [6.07, 6.45) is 1.44. The fourth-order valence-corrected chi connectivity index (χ4v) is 5.87. The number of carbonyl (C=O) groups excluding carboxylic acids is 2. The molecule has 1 amide bonds. The van der Waals surface area contributed by atoms with Crippen LogP contribution < -0.4 is 0 Å². The second-order valence-electron chi connectivity index (χ2n) is 8.75. The third kappa shape index (κ3) is 2.55. The van der Waals surface area contributed by atoms with Crippen molar-refractivity contribution in [1.82, 2.24) is 9.88 Å². The second-order valence-corrected chi connectivity index (χ2v) is 8.75. The number of hydrogen-bond donors (Lipinski definition) is 3. The van der Waals surface area contributed by atoms with E-state index in [1.807, 2.05) is 37.3 Å². The molecule has 2 aliphatic carbocycles. The molecule has 1 aromatic carbocycles. The number of nitrogens with one attached hydrogen (secondary N) is 1. The summed E-state index contributed by atoms with van der Waals surface area (Å²) in [5, 5.41) is 20.9. The number of rotatable bonds is 3. The number of carbonyl (C=O) groups is 2. The molecule has 2 aromatic rings. The fourth-order valence-electron chi connectivity index (χ4n) is 5.87. The lowest BCUT2D eigenvalue weighted by molar-refractivity contribution is 0.0758. The van der Waals surface area contributed by atoms with Crippen LogP contribution in [0, 0.1) is 18.3 Å². The lowest BCUT2D eigenvalue weighted by atomic mass is 9.93. The van der Waals surface area contributed by atoms with Crippen molar-refractivity contribution in [3.8, 4) is 0 Å². The van der Waals surface area contributed by atoms with E-state index in [4.69, 9.17) is 0 Å². The molecule has 0 bridgehead atoms. The summed E-state index contributed by atoms with van der Waals surface area (Å²) < 4.78 is 0. The van der Waals surface area contributed by atoms with Gasteiger partial charge in [0.25, 0.3) is 5.91 Å². The Bertz CT molecular complexity index is 982. The summed E-state index contributed by atoms with van der Waals surface area (Å²) >= 11 is 0. The molecule has 6 heteroatoms. The van der Waals surface area contributed by atoms with Gasteiger partial charge >= 0.3 is 0 Å². The number of ketones is 1. The van der Waals surface area contributed by atoms with Crippen LogP contribution in [-0.4, -0.2) is 57.6 Å². The van der Waals surface area contributed by atoms with E-state index in [1.165, 1.54) is 0 Å². The van der Waals surface area contributed by atoms with E-state index in [0.29, 0.717) is 24.2 Å². The highest BCUT2D eigenvalue weighted by Crippen LogP contribution is 2.68. The number of Topliss-reactive ketones (excluding diaryl/α,β-unsaturated/α-hetero) is 1. The minimum atomic E-state index is -0.680. The van der Waals surface area contributed by atoms with Gasteiger partial charge in [-0.1, -0.05) is 30.3 Å². The van der Waals surface area contributed by atoms with Gasteiger partial charge in [-0.2, -0.15) is 0 Å². The monoisotopic (exact) mass is 394 g/mol. The molecule has 5 rings (SSSR count). The fraction of sp³-hybridized carbons (Fsp3) is 0.478. The van der Waals surface area contributed by atoms with Gasteiger partial charge in [0.2, 0.25) is 0 Å². The molecule has 1 aliphatic heterocycles. The summed E-state index contributed by atoms with van der Waals surface area (Å²) in [5.41, 5.74) is 3.32. The zero-order chi connectivity index (χ0) is 20.3. The van der Waals surface area contributed by atoms with Crippen molar-refractivity contribution >= 4 is 11.7 Å². The first-order chi connectivity index (χ1) is 14.0. The lowest BCUT2D eigenvalue weighted by Gasteiger charge is -2.17. The molecular formula is C23H26N2O4. The molecule has 3 N–H and O–H groups in total. The minimum absolute atomic E-state index is 0.0109. The highest BCUT2D eigenvalue weighted by Gasteiger charge is 2.71. The van der Waals surface area contributed by atoms with Gasteiger partial charge in [0.05, 0.1) is 6.10 Å². The SMILES string of the molecule is Cc1c(C(=O)N2C[C@H](O)[C@@]3(C2)[C@H](CO)[C@H]3c2ccccc2)[nH]c2c1C(=O)CCC2. The predicted molar refractivity (Wildman–Crippen MR) is 107 cm³/mol. The number of aryl methyl sites for hydroxylation is 1. The van der Waals surface area contributed by atoms with E-state index in [2.05, 4.69) is 4.98 Å². The largest absolute Gasteiger partial charge is 0.396 e. The van der Waals surface area contributed by atoms with Gasteiger partial charge in [0.1, 0.15) is 5.69 Å². The number of H-pyrrole nitrogens is 1. The van der Waals surface area contributed by atoms with Gasteiger partial charge in [-0.15, -0.1) is 0 Å². The van der Waals surface area contributed by atoms with Crippen molar-refractivity contribution in [2.24, 2.45) is 11.3 Å². The van der Waals surface area contributed by atoms with Crippen LogP contribution in [0.5, 0.6) is 0 Å². The molecule has 2 heterocycles. The van der Waals surface area contributed by atoms with Crippen LogP contribution >= 0.6 is 0 Å². The van der Waals surface area contributed by atoms with Gasteiger partial charge in [0.15, 0.2) is 5.78 Å². The van der Waals surface area contributed by atoms with Gasteiger partial charge in [-0.3, -0.25) is 9.59 Å². The van der Waals surface area contributed by atoms with Crippen molar-refractivity contribution in [2.75, 3.05) is 19.7 Å². The van der Waals surface area contributed by atoms with Crippen molar-refractivity contribution in [1.29, 1.82) is 0 Å². The zero-order valence-corrected chi connectivity index (χ0v) is 16.5. The Morgan fingerprint density at radius 1 is 1.28 bits per heavy atom. The van der Waals surface area contributed by atoms with Crippen LogP contribution in [0.25, 0.3) is 0 Å². The summed E-state index contributed by atoms with van der Waals surface area (Å²) in [6.45, 7) is 2.47. The Morgan fingerprint density at radius 3 is 2.72 bits per heavy atom. The van der Waals surface area contributed by atoms with Crippen LogP contribution in [0.1, 0.15) is 56.4 Å². The maximum absolute atomic E-state index is 13.3. The predicted octanol–water partition coefficient (Wildman–Crippen LogP) is 2.05. The number of likely N-dealkylation sites (tertiary alicyclic amines) is 1. The summed E-state index contributed by atoms with van der Waals surface area (Å²) in [7, 11) is 0. The van der Waals surface area contributed by atoms with Crippen molar-refractivity contribution in [3.05, 3.63) is 58.4 Å². The van der Waals surface area contributed by atoms with Crippen LogP contribution in [-0.2, 0) is 6.42 Å². The van der Waals surface area contributed by atoms with E-state index in [9.17, 15) is 19.8 Å². The molecule has 0 radical (unpaired) electrons. The third-order valence-electron chi connectivity index (χ3n) is 7.33. The first kappa shape index (κ1) is 18.6. The number of amides is 1. The quantitative estimate of drug-likeness (QED) is 0.743. The number of nitrogens with zero attached hydrogens (tertiary/aromatic N) is 1. The van der Waals surface area contributed by atoms with Gasteiger partial charge in [-0.25, -0.2) is 0 Å². The number of aliphatic hydroxyl groups is 2. The maximum atomic E-state index is 13.3. The molecule has 1 aromatic heterocycles. The molecule has 1 spiro atoms. The molecule has 29 heavy (non-hydrogen) atoms. The number of aromatic nitrogens is 1. The van der Waals surface area contributed by atoms with Crippen molar-refractivity contribution in [2.45, 2.75) is 38.2 Å². The minimum Gasteiger partial charge on any atom is -0.396 e. The summed E-state index contributed by atoms with van der Waals surface area (Å²) in [5.74, 6) is -0.0853. The standard InChI is InChI=1S/C23H26N2O4/c1-13-19-16(8-5-9-17(19)27)24-21(13)22(29)25-10-18(28)23(12-25)15(11-26)20(23)14-6-3-2-4-7-14/h2-4,6-7,15,18,20,24,26,28H,5,8-12H2,1H3/t15-,18+,20-,23-/m1/s1. The summed E-state index contributed by atoms with van der Waals surface area (Å²) in [6, 6.07) is 9.92. The van der Waals surface area contributed by atoms with Gasteiger partial charge < -0.3 is 20.1 Å². The van der Waals surface area contributed by atoms with Crippen LogP contribution in [0.2, 0.25) is 0 Å². The summed E-state index contributed by atoms with van der Waals surface area (Å²) in [4.78, 5) is 30.5. The van der Waals surface area contributed by atoms with E-state index >= 15 is 0 Å². The highest BCUT2D eigenvalue weighted by atomic mass is 16.3. The molecular weight excluding hydrogens is 368 g/mol. The third-order valence-corrected chi connectivity index (χ3v) is 7.33. The maximum Gasteiger partial charge on any atom is 0.270 e. The van der Waals surface area contributed by atoms with Crippen LogP contribution in [0.4, 0.5) is 0 Å². The smallest absolute Gasteiger partial charge is 0.270 e. The van der Waals surface area contributed by atoms with Crippen molar-refractivity contribution < 1.29 is 19.8 Å². The molecule has 4 atom stereocenters. The van der Waals surface area contributed by atoms with Gasteiger partial charge in [0, 0.05) is 42.8 Å². The Kier molecular flexibility index (Phi) is 4.19.